The molecular formula is C18H20BrNO. The fourth-order valence-electron chi connectivity index (χ4n) is 3.00. The largest absolute Gasteiger partial charge is 0.494 e. The van der Waals surface area contributed by atoms with E-state index in [2.05, 4.69) is 52.3 Å². The van der Waals surface area contributed by atoms with Gasteiger partial charge in [0.15, 0.2) is 0 Å². The number of nitrogens with two attached hydrogens (primary N) is 1. The van der Waals surface area contributed by atoms with Gasteiger partial charge in [-0.2, -0.15) is 0 Å². The number of halogens is 1. The molecule has 2 N–H and O–H groups in total. The molecule has 3 heteroatoms. The predicted molar refractivity (Wildman–Crippen MR) is 89.6 cm³/mol. The average Bonchev–Trinajstić information content (AvgIpc) is 3.30. The van der Waals surface area contributed by atoms with Gasteiger partial charge >= 0.3 is 0 Å². The van der Waals surface area contributed by atoms with Crippen LogP contribution in [0.25, 0.3) is 0 Å². The van der Waals surface area contributed by atoms with Gasteiger partial charge in [0, 0.05) is 15.9 Å². The molecule has 1 aliphatic carbocycles. The zero-order chi connectivity index (χ0) is 14.9. The second-order valence-electron chi connectivity index (χ2n) is 5.62. The van der Waals surface area contributed by atoms with Crippen LogP contribution in [0.1, 0.15) is 36.9 Å². The van der Waals surface area contributed by atoms with Gasteiger partial charge in [-0.1, -0.05) is 52.3 Å². The maximum Gasteiger partial charge on any atom is 0.120 e. The number of ether oxygens (including phenoxy) is 1. The van der Waals surface area contributed by atoms with E-state index in [4.69, 9.17) is 10.5 Å². The summed E-state index contributed by atoms with van der Waals surface area (Å²) in [6.45, 7) is 2.66. The summed E-state index contributed by atoms with van der Waals surface area (Å²) in [5.41, 5.74) is 9.21. The molecule has 21 heavy (non-hydrogen) atoms. The van der Waals surface area contributed by atoms with Crippen molar-refractivity contribution in [2.75, 3.05) is 6.61 Å². The van der Waals surface area contributed by atoms with Gasteiger partial charge in [0.05, 0.1) is 6.61 Å². The molecule has 0 spiro atoms. The van der Waals surface area contributed by atoms with Gasteiger partial charge in [-0.3, -0.25) is 0 Å². The fraction of sp³-hybridized carbons (Fsp3) is 0.333. The van der Waals surface area contributed by atoms with E-state index >= 15 is 0 Å². The van der Waals surface area contributed by atoms with Crippen LogP contribution in [0.5, 0.6) is 5.75 Å². The van der Waals surface area contributed by atoms with Crippen LogP contribution in [0, 0.1) is 0 Å². The van der Waals surface area contributed by atoms with Crippen molar-refractivity contribution < 1.29 is 4.74 Å². The maximum atomic E-state index is 6.62. The first-order valence-electron chi connectivity index (χ1n) is 7.41. The van der Waals surface area contributed by atoms with Crippen LogP contribution in [0.15, 0.2) is 53.0 Å². The smallest absolute Gasteiger partial charge is 0.120 e. The summed E-state index contributed by atoms with van der Waals surface area (Å²) in [5.74, 6) is 0.880. The number of rotatable bonds is 5. The van der Waals surface area contributed by atoms with Gasteiger partial charge in [0.2, 0.25) is 0 Å². The second kappa shape index (κ2) is 5.82. The van der Waals surface area contributed by atoms with Crippen molar-refractivity contribution in [2.24, 2.45) is 5.73 Å². The lowest BCUT2D eigenvalue weighted by molar-refractivity contribution is 0.339. The zero-order valence-corrected chi connectivity index (χ0v) is 13.8. The highest BCUT2D eigenvalue weighted by Crippen LogP contribution is 2.56. The molecule has 3 rings (SSSR count). The third-order valence-electron chi connectivity index (χ3n) is 4.35. The van der Waals surface area contributed by atoms with Crippen molar-refractivity contribution in [1.82, 2.24) is 0 Å². The predicted octanol–water partition coefficient (Wildman–Crippen LogP) is 4.58. The third-order valence-corrected chi connectivity index (χ3v) is 5.04. The Morgan fingerprint density at radius 1 is 1.19 bits per heavy atom. The van der Waals surface area contributed by atoms with E-state index in [1.807, 2.05) is 19.1 Å². The molecule has 2 aromatic rings. The molecule has 0 radical (unpaired) electrons. The molecular weight excluding hydrogens is 326 g/mol. The lowest BCUT2D eigenvalue weighted by Gasteiger charge is -2.25. The summed E-state index contributed by atoms with van der Waals surface area (Å²) >= 11 is 3.65. The minimum atomic E-state index is 0.00458. The van der Waals surface area contributed by atoms with Crippen LogP contribution in [0.3, 0.4) is 0 Å². The molecule has 1 saturated carbocycles. The SMILES string of the molecule is CCOc1ccc(C(N)C2(c3ccccc3)CC2)c(Br)c1. The van der Waals surface area contributed by atoms with Crippen LogP contribution in [0.2, 0.25) is 0 Å². The highest BCUT2D eigenvalue weighted by atomic mass is 79.9. The minimum Gasteiger partial charge on any atom is -0.494 e. The molecule has 1 unspecified atom stereocenters. The van der Waals surface area contributed by atoms with Crippen LogP contribution in [-0.2, 0) is 5.41 Å². The number of hydrogen-bond donors (Lipinski definition) is 1. The minimum absolute atomic E-state index is 0.00458. The molecule has 110 valence electrons. The zero-order valence-electron chi connectivity index (χ0n) is 12.2. The summed E-state index contributed by atoms with van der Waals surface area (Å²) in [6, 6.07) is 16.7. The number of hydrogen-bond acceptors (Lipinski definition) is 2. The van der Waals surface area contributed by atoms with Crippen molar-refractivity contribution in [3.05, 3.63) is 64.1 Å². The Labute approximate surface area is 134 Å². The van der Waals surface area contributed by atoms with E-state index in [1.54, 1.807) is 0 Å². The van der Waals surface area contributed by atoms with E-state index in [-0.39, 0.29) is 11.5 Å². The molecule has 0 amide bonds. The van der Waals surface area contributed by atoms with E-state index in [0.29, 0.717) is 6.61 Å². The van der Waals surface area contributed by atoms with Crippen LogP contribution in [-0.4, -0.2) is 6.61 Å². The molecule has 1 atom stereocenters. The van der Waals surface area contributed by atoms with E-state index in [9.17, 15) is 0 Å². The van der Waals surface area contributed by atoms with Gasteiger partial charge in [0.1, 0.15) is 5.75 Å². The molecule has 2 nitrogen and oxygen atoms in total. The molecule has 0 aliphatic heterocycles. The molecule has 0 saturated heterocycles. The Hall–Kier alpha value is -1.32. The van der Waals surface area contributed by atoms with Gasteiger partial charge in [0.25, 0.3) is 0 Å². The van der Waals surface area contributed by atoms with Gasteiger partial charge < -0.3 is 10.5 Å². The normalized spacial score (nSPS) is 17.3. The Morgan fingerprint density at radius 2 is 1.90 bits per heavy atom. The first-order chi connectivity index (χ1) is 10.2. The topological polar surface area (TPSA) is 35.2 Å². The molecule has 1 fully saturated rings. The lowest BCUT2D eigenvalue weighted by Crippen LogP contribution is -2.26. The van der Waals surface area contributed by atoms with E-state index in [1.165, 1.54) is 5.56 Å². The Balaban J connectivity index is 1.90. The first-order valence-corrected chi connectivity index (χ1v) is 8.20. The first kappa shape index (κ1) is 14.6. The highest BCUT2D eigenvalue weighted by Gasteiger charge is 2.50. The summed E-state index contributed by atoms with van der Waals surface area (Å²) in [5, 5.41) is 0. The molecule has 0 bridgehead atoms. The van der Waals surface area contributed by atoms with E-state index in [0.717, 1.165) is 28.6 Å². The van der Waals surface area contributed by atoms with Crippen molar-refractivity contribution in [2.45, 2.75) is 31.2 Å². The monoisotopic (exact) mass is 345 g/mol. The van der Waals surface area contributed by atoms with E-state index < -0.39 is 0 Å². The van der Waals surface area contributed by atoms with Gasteiger partial charge in [-0.25, -0.2) is 0 Å². The van der Waals surface area contributed by atoms with Crippen molar-refractivity contribution in [3.8, 4) is 5.75 Å². The van der Waals surface area contributed by atoms with Gasteiger partial charge in [-0.15, -0.1) is 0 Å². The van der Waals surface area contributed by atoms with Gasteiger partial charge in [-0.05, 0) is 43.0 Å². The summed E-state index contributed by atoms with van der Waals surface area (Å²) < 4.78 is 6.57. The lowest BCUT2D eigenvalue weighted by atomic mass is 9.84. The fourth-order valence-corrected chi connectivity index (χ4v) is 3.60. The van der Waals surface area contributed by atoms with Crippen molar-refractivity contribution >= 4 is 15.9 Å². The molecule has 2 aromatic carbocycles. The highest BCUT2D eigenvalue weighted by molar-refractivity contribution is 9.10. The van der Waals surface area contributed by atoms with Crippen LogP contribution in [0.4, 0.5) is 0 Å². The average molecular weight is 346 g/mol. The summed E-state index contributed by atoms with van der Waals surface area (Å²) in [4.78, 5) is 0. The Morgan fingerprint density at radius 3 is 2.48 bits per heavy atom. The molecule has 1 aliphatic rings. The molecule has 0 heterocycles. The number of benzene rings is 2. The third kappa shape index (κ3) is 2.72. The van der Waals surface area contributed by atoms with Crippen molar-refractivity contribution in [3.63, 3.8) is 0 Å². The molecule has 0 aromatic heterocycles. The quantitative estimate of drug-likeness (QED) is 0.860. The van der Waals surface area contributed by atoms with Crippen LogP contribution < -0.4 is 10.5 Å². The standard InChI is InChI=1S/C18H20BrNO/c1-2-21-14-8-9-15(16(19)12-14)17(20)18(10-11-18)13-6-4-3-5-7-13/h3-9,12,17H,2,10-11,20H2,1H3. The Bertz CT molecular complexity index is 622. The second-order valence-corrected chi connectivity index (χ2v) is 6.47. The van der Waals surface area contributed by atoms with Crippen molar-refractivity contribution in [1.29, 1.82) is 0 Å². The Kier molecular flexibility index (Phi) is 4.05. The maximum absolute atomic E-state index is 6.62. The summed E-state index contributed by atoms with van der Waals surface area (Å²) in [7, 11) is 0. The van der Waals surface area contributed by atoms with Crippen LogP contribution >= 0.6 is 15.9 Å². The summed E-state index contributed by atoms with van der Waals surface area (Å²) in [6.07, 6.45) is 2.30.